The minimum atomic E-state index is -2.55. The number of ether oxygens (including phenoxy) is 11. The molecule has 0 bridgehead atoms. The molecule has 2 aliphatic heterocycles. The van der Waals surface area contributed by atoms with Crippen molar-refractivity contribution in [3.8, 4) is 0 Å². The molecule has 16 nitrogen and oxygen atoms in total. The molecule has 11 rings (SSSR count). The lowest BCUT2D eigenvalue weighted by molar-refractivity contribution is -0.390. The second-order valence-electron chi connectivity index (χ2n) is 23.2. The second kappa shape index (κ2) is 30.0. The first kappa shape index (κ1) is 66.5. The molecule has 0 radical (unpaired) electrons. The molecular weight excluding hydrogens is 1200 g/mol. The Morgan fingerprint density at radius 3 is 0.863 bits per heavy atom. The Morgan fingerprint density at radius 2 is 0.568 bits per heavy atom. The second-order valence-corrected chi connectivity index (χ2v) is 23.2. The van der Waals surface area contributed by atoms with Crippen LogP contribution in [0.15, 0.2) is 273 Å². The molecule has 0 saturated carbocycles. The minimum Gasteiger partial charge on any atom is -0.456 e. The van der Waals surface area contributed by atoms with E-state index in [1.54, 1.807) is 0 Å². The summed E-state index contributed by atoms with van der Waals surface area (Å²) in [5, 5.41) is 0. The zero-order valence-corrected chi connectivity index (χ0v) is 53.3. The number of hydrogen-bond donors (Lipinski definition) is 0. The van der Waals surface area contributed by atoms with Crippen LogP contribution in [-0.4, -0.2) is 104 Å². The molecule has 0 amide bonds. The summed E-state index contributed by atoms with van der Waals surface area (Å²) in [5.41, 5.74) is 1.86. The molecule has 2 aliphatic rings. The van der Waals surface area contributed by atoms with Crippen molar-refractivity contribution in [1.29, 1.82) is 0 Å². The van der Waals surface area contributed by atoms with E-state index < -0.39 is 121 Å². The quantitative estimate of drug-likeness (QED) is 0.0298. The lowest BCUT2D eigenvalue weighted by Gasteiger charge is -2.48. The Labute approximate surface area is 552 Å². The highest BCUT2D eigenvalue weighted by Gasteiger charge is 2.65. The first-order chi connectivity index (χ1) is 46.2. The summed E-state index contributed by atoms with van der Waals surface area (Å²) in [6, 6.07) is 85.7. The van der Waals surface area contributed by atoms with Crippen LogP contribution < -0.4 is 0 Å². The number of carbonyl (C=O) groups is 5. The van der Waals surface area contributed by atoms with Crippen molar-refractivity contribution in [2.24, 2.45) is 0 Å². The van der Waals surface area contributed by atoms with Gasteiger partial charge in [-0.3, -0.25) is 24.0 Å². The molecule has 0 aliphatic carbocycles. The van der Waals surface area contributed by atoms with Crippen LogP contribution in [0.2, 0.25) is 0 Å². The van der Waals surface area contributed by atoms with Gasteiger partial charge in [-0.15, -0.1) is 0 Å². The molecule has 2 saturated heterocycles. The van der Waals surface area contributed by atoms with Crippen molar-refractivity contribution in [3.63, 3.8) is 0 Å². The molecule has 0 aromatic heterocycles. The van der Waals surface area contributed by atoms with E-state index in [1.807, 2.05) is 273 Å². The fraction of sp³-hybridized carbons (Fsp3) is 0.253. The van der Waals surface area contributed by atoms with Crippen molar-refractivity contribution < 1.29 is 76.1 Å². The number of hydrogen-bond acceptors (Lipinski definition) is 16. The lowest BCUT2D eigenvalue weighted by Crippen LogP contribution is -2.66. The molecular formula is C79H74O16. The summed E-state index contributed by atoms with van der Waals surface area (Å²) in [4.78, 5) is 69.3. The maximum atomic E-state index is 14.2. The van der Waals surface area contributed by atoms with E-state index in [4.69, 9.17) is 52.1 Å². The average molecular weight is 1280 g/mol. The van der Waals surface area contributed by atoms with E-state index in [9.17, 15) is 24.0 Å². The normalized spacial score (nSPS) is 21.1. The highest BCUT2D eigenvalue weighted by molar-refractivity contribution is 5.69. The van der Waals surface area contributed by atoms with Crippen LogP contribution in [0.5, 0.6) is 0 Å². The molecule has 1 unspecified atom stereocenters. The van der Waals surface area contributed by atoms with Gasteiger partial charge in [0.05, 0.1) is 13.2 Å². The van der Waals surface area contributed by atoms with Crippen molar-refractivity contribution >= 4 is 29.8 Å². The molecule has 0 spiro atoms. The van der Waals surface area contributed by atoms with Gasteiger partial charge in [0.1, 0.15) is 35.6 Å². The summed E-state index contributed by atoms with van der Waals surface area (Å²) in [7, 11) is 0. The first-order valence-electron chi connectivity index (χ1n) is 31.5. The van der Waals surface area contributed by atoms with Gasteiger partial charge >= 0.3 is 29.8 Å². The van der Waals surface area contributed by atoms with Gasteiger partial charge in [-0.1, -0.05) is 273 Å². The molecule has 9 aromatic carbocycles. The SMILES string of the molecule is CC(=O)O[C@@H]1[C@H](OC(C)=O)[C@@H](OC(C)=O)C(O[C@]2(COC(c3ccccc3)(c3ccccc3)c3ccccc3)O[C@H](COC(c3ccccc3)(c3ccccc3)c3ccccc3)[C@@H](OC(C)=O)[C@@H]2OC(C)=O)O[C@@H]1COC(c1ccccc1)(c1ccccc1)c1ccccc1. The molecule has 486 valence electrons. The number of esters is 5. The molecule has 9 aromatic rings. The highest BCUT2D eigenvalue weighted by Crippen LogP contribution is 2.49. The Hall–Kier alpha value is -9.91. The Kier molecular flexibility index (Phi) is 21.0. The number of carbonyl (C=O) groups excluding carboxylic acids is 5. The van der Waals surface area contributed by atoms with Crippen molar-refractivity contribution in [2.75, 3.05) is 19.8 Å². The third-order valence-electron chi connectivity index (χ3n) is 16.9. The van der Waals surface area contributed by atoms with Gasteiger partial charge in [0.15, 0.2) is 30.5 Å². The third-order valence-corrected chi connectivity index (χ3v) is 16.9. The molecule has 2 heterocycles. The zero-order chi connectivity index (χ0) is 66.4. The molecule has 2 fully saturated rings. The average Bonchev–Trinajstić information content (AvgIpc) is 1.73. The van der Waals surface area contributed by atoms with E-state index in [0.29, 0.717) is 33.4 Å². The lowest BCUT2D eigenvalue weighted by atomic mass is 9.80. The van der Waals surface area contributed by atoms with E-state index >= 15 is 0 Å². The smallest absolute Gasteiger partial charge is 0.303 e. The van der Waals surface area contributed by atoms with Gasteiger partial charge in [0.25, 0.3) is 0 Å². The van der Waals surface area contributed by atoms with Gasteiger partial charge < -0.3 is 52.1 Å². The fourth-order valence-corrected chi connectivity index (χ4v) is 13.1. The molecule has 0 N–H and O–H groups in total. The van der Waals surface area contributed by atoms with Crippen LogP contribution in [0, 0.1) is 0 Å². The summed E-state index contributed by atoms with van der Waals surface area (Å²) >= 11 is 0. The van der Waals surface area contributed by atoms with Gasteiger partial charge in [-0.05, 0) is 50.1 Å². The van der Waals surface area contributed by atoms with Crippen molar-refractivity contribution in [3.05, 3.63) is 323 Å². The van der Waals surface area contributed by atoms with Crippen LogP contribution in [0.25, 0.3) is 0 Å². The van der Waals surface area contributed by atoms with Crippen LogP contribution in [0.1, 0.15) is 84.7 Å². The summed E-state index contributed by atoms with van der Waals surface area (Å²) < 4.78 is 76.1. The highest BCUT2D eigenvalue weighted by atomic mass is 16.8. The number of benzene rings is 9. The topological polar surface area (TPSA) is 187 Å². The minimum absolute atomic E-state index is 0.415. The maximum Gasteiger partial charge on any atom is 0.303 e. The van der Waals surface area contributed by atoms with Gasteiger partial charge in [0.2, 0.25) is 12.1 Å². The largest absolute Gasteiger partial charge is 0.456 e. The Balaban J connectivity index is 1.12. The molecule has 9 atom stereocenters. The van der Waals surface area contributed by atoms with Gasteiger partial charge in [0, 0.05) is 34.6 Å². The molecule has 95 heavy (non-hydrogen) atoms. The maximum absolute atomic E-state index is 14.2. The zero-order valence-electron chi connectivity index (χ0n) is 53.3. The molecule has 16 heteroatoms. The summed E-state index contributed by atoms with van der Waals surface area (Å²) in [6.07, 6.45) is -13.4. The monoisotopic (exact) mass is 1280 g/mol. The van der Waals surface area contributed by atoms with Crippen molar-refractivity contribution in [1.82, 2.24) is 0 Å². The van der Waals surface area contributed by atoms with Crippen LogP contribution >= 0.6 is 0 Å². The first-order valence-corrected chi connectivity index (χ1v) is 31.5. The summed E-state index contributed by atoms with van der Waals surface area (Å²) in [5.74, 6) is -6.79. The Morgan fingerprint density at radius 1 is 0.316 bits per heavy atom. The fourth-order valence-electron chi connectivity index (χ4n) is 13.1. The Bertz CT molecular complexity index is 3670. The summed E-state index contributed by atoms with van der Waals surface area (Å²) in [6.45, 7) is 4.25. The predicted octanol–water partition coefficient (Wildman–Crippen LogP) is 12.5. The third kappa shape index (κ3) is 14.3. The van der Waals surface area contributed by atoms with Gasteiger partial charge in [-0.2, -0.15) is 0 Å². The van der Waals surface area contributed by atoms with Crippen LogP contribution in [0.4, 0.5) is 0 Å². The van der Waals surface area contributed by atoms with E-state index in [1.165, 1.54) is 20.8 Å². The predicted molar refractivity (Wildman–Crippen MR) is 351 cm³/mol. The standard InChI is InChI=1S/C79H74O16/c1-54(80)88-70-68(51-85-77(59-33-15-6-16-34-59,60-35-17-7-18-36-60)61-37-19-8-20-38-61)93-75(73(91-57(4)83)72(70)90-56(3)82)95-76(53-87-79(65-45-27-12-28-46-65,66-47-29-13-30-48-66)67-49-31-14-32-50-67)74(92-58(5)84)71(89-55(2)81)69(94-76)52-86-78(62-39-21-9-22-40-62,63-41-23-10-24-42-63)64-43-25-11-26-44-64/h6-50,68-75H,51-53H2,1-5H3/t68-,69-,70+,71-,72+,73-,74+,75?,76+/m1/s1. The number of rotatable bonds is 25. The van der Waals surface area contributed by atoms with Crippen molar-refractivity contribution in [2.45, 2.75) is 106 Å². The van der Waals surface area contributed by atoms with E-state index in [-0.39, 0.29) is 0 Å². The van der Waals surface area contributed by atoms with Crippen LogP contribution in [-0.2, 0) is 92.9 Å². The van der Waals surface area contributed by atoms with Crippen LogP contribution in [0.3, 0.4) is 0 Å². The van der Waals surface area contributed by atoms with E-state index in [2.05, 4.69) is 0 Å². The van der Waals surface area contributed by atoms with E-state index in [0.717, 1.165) is 30.5 Å². The van der Waals surface area contributed by atoms with Gasteiger partial charge in [-0.25, -0.2) is 0 Å².